The van der Waals surface area contributed by atoms with Gasteiger partial charge in [-0.15, -0.1) is 0 Å². The number of nitro groups is 2. The molecule has 44 heavy (non-hydrogen) atoms. The van der Waals surface area contributed by atoms with Crippen LogP contribution in [-0.2, 0) is 32.3 Å². The van der Waals surface area contributed by atoms with Gasteiger partial charge in [-0.1, -0.05) is 11.8 Å². The number of carbonyl (C=O) groups excluding carboxylic acids is 4. The maximum atomic E-state index is 13.8. The molecule has 0 aromatic heterocycles. The summed E-state index contributed by atoms with van der Waals surface area (Å²) in [6.07, 6.45) is -0.446. The number of ether oxygens (including phenoxy) is 2. The molecular weight excluding hydrogens is 598 g/mol. The second-order valence-corrected chi connectivity index (χ2v) is 12.3. The number of thioether (sulfide) groups is 1. The fourth-order valence-electron chi connectivity index (χ4n) is 5.79. The van der Waals surface area contributed by atoms with E-state index < -0.39 is 28.1 Å². The molecule has 3 fully saturated rings. The van der Waals surface area contributed by atoms with Crippen molar-refractivity contribution in [1.82, 2.24) is 14.7 Å². The van der Waals surface area contributed by atoms with Gasteiger partial charge < -0.3 is 19.3 Å². The Balaban J connectivity index is 1.18. The Morgan fingerprint density at radius 1 is 0.750 bits per heavy atom. The van der Waals surface area contributed by atoms with E-state index in [0.29, 0.717) is 17.5 Å². The van der Waals surface area contributed by atoms with Gasteiger partial charge in [0.2, 0.25) is 5.91 Å². The van der Waals surface area contributed by atoms with E-state index in [2.05, 4.69) is 0 Å². The summed E-state index contributed by atoms with van der Waals surface area (Å²) in [5.74, 6) is -0.282. The van der Waals surface area contributed by atoms with Gasteiger partial charge in [-0.25, -0.2) is 9.59 Å². The van der Waals surface area contributed by atoms with Crippen LogP contribution in [0.3, 0.4) is 0 Å². The lowest BCUT2D eigenvalue weighted by Crippen LogP contribution is -2.55. The van der Waals surface area contributed by atoms with E-state index >= 15 is 0 Å². The number of likely N-dealkylation sites (tertiary alicyclic amines) is 3. The molecular formula is C28H29N5O10S. The summed E-state index contributed by atoms with van der Waals surface area (Å²) in [6, 6.07) is 9.91. The lowest BCUT2D eigenvalue weighted by Gasteiger charge is -2.36. The second kappa shape index (κ2) is 12.9. The molecule has 0 radical (unpaired) electrons. The molecule has 0 N–H and O–H groups in total. The van der Waals surface area contributed by atoms with Gasteiger partial charge in [0, 0.05) is 56.1 Å². The number of hydrogen-bond donors (Lipinski definition) is 0. The van der Waals surface area contributed by atoms with Crippen molar-refractivity contribution < 1.29 is 38.5 Å². The first-order valence-electron chi connectivity index (χ1n) is 13.8. The largest absolute Gasteiger partial charge is 0.445 e. The molecule has 3 aliphatic heterocycles. The standard InChI is InChI=1S/C28H29N5O10S/c1-17(34)44-24-11-25(31(14-24)28(37)43-16-19-4-8-21(9-5-19)33(40)41)26(35)29-12-23-10-22(29)13-30(23)27(36)42-15-18-2-6-20(7-3-18)32(38)39/h2-9,22-25H,10-16H2,1H3/t22-,23-,24-,25-/m0/s1. The quantitative estimate of drug-likeness (QED) is 0.308. The number of carbonyl (C=O) groups is 4. The lowest BCUT2D eigenvalue weighted by molar-refractivity contribution is -0.385. The van der Waals surface area contributed by atoms with Crippen LogP contribution in [0.25, 0.3) is 0 Å². The normalized spacial score (nSPS) is 22.2. The number of piperazine rings is 1. The molecule has 5 rings (SSSR count). The molecule has 3 saturated heterocycles. The molecule has 3 amide bonds. The highest BCUT2D eigenvalue weighted by Crippen LogP contribution is 2.36. The molecule has 2 aromatic rings. The number of benzene rings is 2. The Labute approximate surface area is 255 Å². The van der Waals surface area contributed by atoms with Crippen molar-refractivity contribution in [2.24, 2.45) is 0 Å². The Morgan fingerprint density at radius 3 is 1.68 bits per heavy atom. The number of nitrogens with zero attached hydrogens (tertiary/aromatic N) is 5. The minimum atomic E-state index is -0.849. The average Bonchev–Trinajstić information content (AvgIpc) is 3.73. The van der Waals surface area contributed by atoms with E-state index in [9.17, 15) is 39.4 Å². The number of hydrogen-bond acceptors (Lipinski definition) is 11. The maximum absolute atomic E-state index is 13.8. The molecule has 16 heteroatoms. The summed E-state index contributed by atoms with van der Waals surface area (Å²) < 4.78 is 10.9. The first kappa shape index (κ1) is 30.7. The third-order valence-electron chi connectivity index (χ3n) is 7.89. The minimum Gasteiger partial charge on any atom is -0.445 e. The van der Waals surface area contributed by atoms with Crippen LogP contribution in [0.5, 0.6) is 0 Å². The van der Waals surface area contributed by atoms with Crippen LogP contribution < -0.4 is 0 Å². The molecule has 15 nitrogen and oxygen atoms in total. The van der Waals surface area contributed by atoms with Crippen LogP contribution in [0.1, 0.15) is 30.9 Å². The molecule has 3 heterocycles. The molecule has 0 aliphatic carbocycles. The van der Waals surface area contributed by atoms with Crippen LogP contribution in [0.2, 0.25) is 0 Å². The molecule has 4 atom stereocenters. The predicted octanol–water partition coefficient (Wildman–Crippen LogP) is 3.48. The van der Waals surface area contributed by atoms with Crippen LogP contribution in [0.4, 0.5) is 21.0 Å². The van der Waals surface area contributed by atoms with E-state index in [-0.39, 0.29) is 79.0 Å². The van der Waals surface area contributed by atoms with E-state index in [0.717, 1.165) is 11.8 Å². The highest BCUT2D eigenvalue weighted by molar-refractivity contribution is 8.14. The Bertz CT molecular complexity index is 1470. The van der Waals surface area contributed by atoms with E-state index in [1.807, 2.05) is 0 Å². The highest BCUT2D eigenvalue weighted by atomic mass is 32.2. The van der Waals surface area contributed by atoms with Crippen LogP contribution in [0, 0.1) is 20.2 Å². The molecule has 2 aromatic carbocycles. The van der Waals surface area contributed by atoms with Crippen molar-refractivity contribution >= 4 is 46.3 Å². The summed E-state index contributed by atoms with van der Waals surface area (Å²) >= 11 is 1.07. The Kier molecular flexibility index (Phi) is 8.98. The van der Waals surface area contributed by atoms with Crippen molar-refractivity contribution in [2.45, 2.75) is 56.4 Å². The SMILES string of the molecule is CC(=O)S[C@H]1C[C@@H](C(=O)N2C[C@@H]3C[C@H]2CN3C(=O)OCc2ccc([N+](=O)[O-])cc2)N(C(=O)OCc2ccc([N+](=O)[O-])cc2)C1. The van der Waals surface area contributed by atoms with E-state index in [1.54, 1.807) is 9.80 Å². The highest BCUT2D eigenvalue weighted by Gasteiger charge is 2.51. The zero-order chi connectivity index (χ0) is 31.5. The van der Waals surface area contributed by atoms with Gasteiger partial charge in [-0.2, -0.15) is 0 Å². The summed E-state index contributed by atoms with van der Waals surface area (Å²) in [6.45, 7) is 1.89. The number of nitro benzene ring substituents is 2. The second-order valence-electron chi connectivity index (χ2n) is 10.8. The Hall–Kier alpha value is -4.73. The van der Waals surface area contributed by atoms with E-state index in [1.165, 1.54) is 60.4 Å². The topological polar surface area (TPSA) is 183 Å². The van der Waals surface area contributed by atoms with Crippen molar-refractivity contribution in [3.63, 3.8) is 0 Å². The fraction of sp³-hybridized carbons (Fsp3) is 0.429. The number of non-ortho nitro benzene ring substituents is 2. The molecule has 0 spiro atoms. The van der Waals surface area contributed by atoms with Gasteiger partial charge in [0.15, 0.2) is 5.12 Å². The number of fused-ring (bicyclic) bond motifs is 2. The zero-order valence-corrected chi connectivity index (χ0v) is 24.4. The van der Waals surface area contributed by atoms with Crippen molar-refractivity contribution in [1.29, 1.82) is 0 Å². The Morgan fingerprint density at radius 2 is 1.23 bits per heavy atom. The molecule has 0 saturated carbocycles. The maximum Gasteiger partial charge on any atom is 0.410 e. The molecule has 3 aliphatic rings. The predicted molar refractivity (Wildman–Crippen MR) is 154 cm³/mol. The van der Waals surface area contributed by atoms with Crippen LogP contribution >= 0.6 is 11.8 Å². The first-order chi connectivity index (χ1) is 21.0. The summed E-state index contributed by atoms with van der Waals surface area (Å²) in [5.41, 5.74) is 0.986. The fourth-order valence-corrected chi connectivity index (χ4v) is 6.77. The van der Waals surface area contributed by atoms with Crippen LogP contribution in [0.15, 0.2) is 48.5 Å². The van der Waals surface area contributed by atoms with Crippen molar-refractivity contribution in [2.75, 3.05) is 19.6 Å². The van der Waals surface area contributed by atoms with Gasteiger partial charge in [0.05, 0.1) is 21.9 Å². The summed E-state index contributed by atoms with van der Waals surface area (Å²) in [4.78, 5) is 76.7. The number of rotatable bonds is 8. The summed E-state index contributed by atoms with van der Waals surface area (Å²) in [7, 11) is 0. The molecule has 0 unspecified atom stereocenters. The van der Waals surface area contributed by atoms with Gasteiger partial charge in [-0.05, 0) is 48.2 Å². The third kappa shape index (κ3) is 6.74. The van der Waals surface area contributed by atoms with Gasteiger partial charge in [-0.3, -0.25) is 34.7 Å². The van der Waals surface area contributed by atoms with E-state index in [4.69, 9.17) is 9.47 Å². The van der Waals surface area contributed by atoms with Gasteiger partial charge >= 0.3 is 12.2 Å². The first-order valence-corrected chi connectivity index (χ1v) is 14.7. The van der Waals surface area contributed by atoms with Crippen LogP contribution in [-0.4, -0.2) is 90.8 Å². The van der Waals surface area contributed by atoms with Crippen molar-refractivity contribution in [3.05, 3.63) is 79.9 Å². The average molecular weight is 628 g/mol. The third-order valence-corrected chi connectivity index (χ3v) is 8.90. The monoisotopic (exact) mass is 627 g/mol. The molecule has 2 bridgehead atoms. The zero-order valence-electron chi connectivity index (χ0n) is 23.6. The van der Waals surface area contributed by atoms with Gasteiger partial charge in [0.1, 0.15) is 19.3 Å². The van der Waals surface area contributed by atoms with Crippen molar-refractivity contribution in [3.8, 4) is 0 Å². The van der Waals surface area contributed by atoms with Gasteiger partial charge in [0.25, 0.3) is 11.4 Å². The molecule has 232 valence electrons. The lowest BCUT2D eigenvalue weighted by atomic mass is 10.1. The summed E-state index contributed by atoms with van der Waals surface area (Å²) in [5, 5.41) is 21.3. The number of amides is 3. The minimum absolute atomic E-state index is 0.0540. The smallest absolute Gasteiger partial charge is 0.410 e.